The van der Waals surface area contributed by atoms with E-state index in [1.165, 1.54) is 6.39 Å². The Kier molecular flexibility index (Phi) is 2.67. The number of nitrogens with zero attached hydrogens (tertiary/aromatic N) is 3. The molecule has 1 amide bonds. The molecular formula is C15H12N4O2. The molecule has 1 N–H and O–H groups in total. The first-order chi connectivity index (χ1) is 10.3. The zero-order chi connectivity index (χ0) is 14.2. The van der Waals surface area contributed by atoms with Crippen molar-refractivity contribution in [2.24, 2.45) is 5.92 Å². The molecule has 4 rings (SSSR count). The molecule has 0 spiro atoms. The number of pyridine rings is 2. The molecule has 3 heterocycles. The number of carbonyl (C=O) groups is 1. The van der Waals surface area contributed by atoms with Gasteiger partial charge in [0.15, 0.2) is 12.2 Å². The summed E-state index contributed by atoms with van der Waals surface area (Å²) in [6.07, 6.45) is 8.36. The summed E-state index contributed by atoms with van der Waals surface area (Å²) >= 11 is 0. The number of fused-ring (bicyclic) bond motifs is 1. The van der Waals surface area contributed by atoms with Gasteiger partial charge >= 0.3 is 0 Å². The molecule has 21 heavy (non-hydrogen) atoms. The van der Waals surface area contributed by atoms with Crippen molar-refractivity contribution in [3.05, 3.63) is 37.1 Å². The number of amides is 1. The third kappa shape index (κ3) is 2.35. The number of carbonyl (C=O) groups excluding carboxylic acids is 1. The topological polar surface area (TPSA) is 80.9 Å². The third-order valence-electron chi connectivity index (χ3n) is 3.49. The van der Waals surface area contributed by atoms with Crippen LogP contribution in [0.3, 0.4) is 0 Å². The number of hydrogen-bond donors (Lipinski definition) is 1. The van der Waals surface area contributed by atoms with Gasteiger partial charge in [0, 0.05) is 23.7 Å². The van der Waals surface area contributed by atoms with Crippen LogP contribution in [-0.4, -0.2) is 20.9 Å². The fourth-order valence-corrected chi connectivity index (χ4v) is 2.16. The molecule has 3 aromatic rings. The van der Waals surface area contributed by atoms with E-state index in [0.717, 1.165) is 23.6 Å². The van der Waals surface area contributed by atoms with Crippen LogP contribution in [0.5, 0.6) is 0 Å². The second-order valence-electron chi connectivity index (χ2n) is 5.12. The highest BCUT2D eigenvalue weighted by molar-refractivity contribution is 5.95. The summed E-state index contributed by atoms with van der Waals surface area (Å²) in [7, 11) is 0. The lowest BCUT2D eigenvalue weighted by molar-refractivity contribution is -0.117. The highest BCUT2D eigenvalue weighted by atomic mass is 16.3. The first kappa shape index (κ1) is 12.0. The van der Waals surface area contributed by atoms with Gasteiger partial charge in [-0.3, -0.25) is 9.78 Å². The summed E-state index contributed by atoms with van der Waals surface area (Å²) in [6, 6.07) is 3.74. The Morgan fingerprint density at radius 2 is 2.00 bits per heavy atom. The van der Waals surface area contributed by atoms with Gasteiger partial charge in [-0.1, -0.05) is 0 Å². The van der Waals surface area contributed by atoms with Gasteiger partial charge in [-0.2, -0.15) is 0 Å². The minimum Gasteiger partial charge on any atom is -0.442 e. The van der Waals surface area contributed by atoms with Gasteiger partial charge in [0.2, 0.25) is 5.91 Å². The van der Waals surface area contributed by atoms with E-state index in [1.54, 1.807) is 18.6 Å². The molecule has 0 bridgehead atoms. The average Bonchev–Trinajstić information content (AvgIpc) is 3.22. The lowest BCUT2D eigenvalue weighted by Gasteiger charge is -2.05. The fraction of sp³-hybridized carbons (Fsp3) is 0.200. The molecule has 0 saturated heterocycles. The lowest BCUT2D eigenvalue weighted by Crippen LogP contribution is -2.14. The smallest absolute Gasteiger partial charge is 0.228 e. The van der Waals surface area contributed by atoms with E-state index in [1.807, 2.05) is 12.1 Å². The number of anilines is 1. The highest BCUT2D eigenvalue weighted by Gasteiger charge is 2.29. The Balaban J connectivity index is 1.69. The van der Waals surface area contributed by atoms with E-state index in [2.05, 4.69) is 20.3 Å². The van der Waals surface area contributed by atoms with E-state index in [4.69, 9.17) is 4.42 Å². The van der Waals surface area contributed by atoms with Crippen LogP contribution in [0.2, 0.25) is 0 Å². The first-order valence-corrected chi connectivity index (χ1v) is 6.75. The Morgan fingerprint density at radius 3 is 2.76 bits per heavy atom. The van der Waals surface area contributed by atoms with Crippen molar-refractivity contribution in [3.8, 4) is 11.5 Å². The quantitative estimate of drug-likeness (QED) is 0.797. The number of hydrogen-bond acceptors (Lipinski definition) is 5. The molecular weight excluding hydrogens is 268 g/mol. The van der Waals surface area contributed by atoms with Crippen molar-refractivity contribution in [2.45, 2.75) is 12.8 Å². The molecule has 1 aliphatic carbocycles. The van der Waals surface area contributed by atoms with Crippen molar-refractivity contribution in [2.75, 3.05) is 5.32 Å². The number of oxazole rings is 1. The van der Waals surface area contributed by atoms with Crippen LogP contribution in [0.15, 0.2) is 41.5 Å². The van der Waals surface area contributed by atoms with Crippen LogP contribution in [0.25, 0.3) is 22.2 Å². The average molecular weight is 280 g/mol. The van der Waals surface area contributed by atoms with E-state index in [0.29, 0.717) is 17.3 Å². The molecule has 0 aromatic carbocycles. The number of aromatic nitrogens is 3. The second kappa shape index (κ2) is 4.66. The van der Waals surface area contributed by atoms with E-state index in [9.17, 15) is 4.79 Å². The maximum Gasteiger partial charge on any atom is 0.228 e. The minimum absolute atomic E-state index is 0.0476. The molecule has 0 radical (unpaired) electrons. The van der Waals surface area contributed by atoms with Gasteiger partial charge in [0.25, 0.3) is 0 Å². The first-order valence-electron chi connectivity index (χ1n) is 6.75. The van der Waals surface area contributed by atoms with Crippen LogP contribution in [-0.2, 0) is 4.79 Å². The van der Waals surface area contributed by atoms with Crippen molar-refractivity contribution in [1.82, 2.24) is 15.0 Å². The van der Waals surface area contributed by atoms with E-state index < -0.39 is 0 Å². The summed E-state index contributed by atoms with van der Waals surface area (Å²) in [4.78, 5) is 24.2. The SMILES string of the molecule is O=C(Nc1cc2cc(-c3cnco3)ncc2cn1)C1CC1. The second-order valence-corrected chi connectivity index (χ2v) is 5.12. The predicted molar refractivity (Wildman–Crippen MR) is 76.4 cm³/mol. The van der Waals surface area contributed by atoms with Gasteiger partial charge in [-0.25, -0.2) is 9.97 Å². The normalized spacial score (nSPS) is 14.3. The van der Waals surface area contributed by atoms with Crippen molar-refractivity contribution in [1.29, 1.82) is 0 Å². The summed E-state index contributed by atoms with van der Waals surface area (Å²) in [5, 5.41) is 4.69. The summed E-state index contributed by atoms with van der Waals surface area (Å²) < 4.78 is 5.24. The molecule has 3 aromatic heterocycles. The van der Waals surface area contributed by atoms with Gasteiger partial charge in [0.05, 0.1) is 6.20 Å². The zero-order valence-corrected chi connectivity index (χ0v) is 11.1. The monoisotopic (exact) mass is 280 g/mol. The Bertz CT molecular complexity index is 810. The summed E-state index contributed by atoms with van der Waals surface area (Å²) in [5.74, 6) is 1.38. The summed E-state index contributed by atoms with van der Waals surface area (Å²) in [6.45, 7) is 0. The van der Waals surface area contributed by atoms with Gasteiger partial charge < -0.3 is 9.73 Å². The van der Waals surface area contributed by atoms with Crippen LogP contribution < -0.4 is 5.32 Å². The van der Waals surface area contributed by atoms with Gasteiger partial charge in [-0.15, -0.1) is 0 Å². The molecule has 1 fully saturated rings. The molecule has 6 nitrogen and oxygen atoms in total. The summed E-state index contributed by atoms with van der Waals surface area (Å²) in [5.41, 5.74) is 0.700. The Hall–Kier alpha value is -2.76. The lowest BCUT2D eigenvalue weighted by atomic mass is 10.2. The number of nitrogens with one attached hydrogen (secondary N) is 1. The standard InChI is InChI=1S/C15H12N4O2/c20-15(9-1-2-9)19-14-4-10-3-12(13-7-16-8-21-13)17-5-11(10)6-18-14/h3-9H,1-2H2,(H,18,19,20). The van der Waals surface area contributed by atoms with E-state index >= 15 is 0 Å². The van der Waals surface area contributed by atoms with E-state index in [-0.39, 0.29) is 11.8 Å². The van der Waals surface area contributed by atoms with Crippen molar-refractivity contribution in [3.63, 3.8) is 0 Å². The molecule has 1 saturated carbocycles. The minimum atomic E-state index is 0.0476. The van der Waals surface area contributed by atoms with Crippen molar-refractivity contribution >= 4 is 22.5 Å². The van der Waals surface area contributed by atoms with Crippen LogP contribution >= 0.6 is 0 Å². The van der Waals surface area contributed by atoms with Crippen LogP contribution in [0, 0.1) is 5.92 Å². The van der Waals surface area contributed by atoms with Crippen LogP contribution in [0.1, 0.15) is 12.8 Å². The Labute approximate surface area is 120 Å². The predicted octanol–water partition coefficient (Wildman–Crippen LogP) is 2.63. The fourth-order valence-electron chi connectivity index (χ4n) is 2.16. The maximum atomic E-state index is 11.8. The maximum absolute atomic E-state index is 11.8. The largest absolute Gasteiger partial charge is 0.442 e. The molecule has 0 aliphatic heterocycles. The molecule has 6 heteroatoms. The molecule has 1 aliphatic rings. The molecule has 104 valence electrons. The highest BCUT2D eigenvalue weighted by Crippen LogP contribution is 2.30. The molecule has 0 atom stereocenters. The zero-order valence-electron chi connectivity index (χ0n) is 11.1. The Morgan fingerprint density at radius 1 is 1.14 bits per heavy atom. The number of rotatable bonds is 3. The van der Waals surface area contributed by atoms with Gasteiger partial charge in [-0.05, 0) is 30.4 Å². The van der Waals surface area contributed by atoms with Crippen LogP contribution in [0.4, 0.5) is 5.82 Å². The van der Waals surface area contributed by atoms with Crippen molar-refractivity contribution < 1.29 is 9.21 Å². The third-order valence-corrected chi connectivity index (χ3v) is 3.49. The van der Waals surface area contributed by atoms with Gasteiger partial charge in [0.1, 0.15) is 11.5 Å². The molecule has 0 unspecified atom stereocenters.